The van der Waals surface area contributed by atoms with Crippen LogP contribution in [0.1, 0.15) is 19.8 Å². The normalized spacial score (nSPS) is 14.1. The molecule has 1 atom stereocenters. The smallest absolute Gasteiger partial charge is 0.346 e. The number of rotatable bonds is 4. The van der Waals surface area contributed by atoms with Crippen LogP contribution < -0.4 is 0 Å². The Morgan fingerprint density at radius 2 is 2.08 bits per heavy atom. The van der Waals surface area contributed by atoms with Crippen molar-refractivity contribution in [1.29, 1.82) is 0 Å². The zero-order valence-electron chi connectivity index (χ0n) is 6.94. The average molecular weight is 184 g/mol. The molecule has 0 heterocycles. The maximum absolute atomic E-state index is 12.6. The predicted octanol–water partition coefficient (Wildman–Crippen LogP) is 1.93. The van der Waals surface area contributed by atoms with Crippen molar-refractivity contribution in [2.24, 2.45) is 0 Å². The highest BCUT2D eigenvalue weighted by molar-refractivity contribution is 5.75. The van der Waals surface area contributed by atoms with Crippen LogP contribution in [0.5, 0.6) is 0 Å². The van der Waals surface area contributed by atoms with E-state index in [1.807, 2.05) is 0 Å². The molecule has 0 amide bonds. The molecule has 0 N–H and O–H groups in total. The summed E-state index contributed by atoms with van der Waals surface area (Å²) in [5.41, 5.74) is 0. The summed E-state index contributed by atoms with van der Waals surface area (Å²) in [4.78, 5) is 10.4. The van der Waals surface area contributed by atoms with Crippen molar-refractivity contribution in [3.8, 4) is 0 Å². The maximum atomic E-state index is 12.6. The van der Waals surface area contributed by atoms with E-state index in [-0.39, 0.29) is 6.42 Å². The van der Waals surface area contributed by atoms with Crippen LogP contribution in [0.3, 0.4) is 0 Å². The molecular formula is C7H11F3O2. The summed E-state index contributed by atoms with van der Waals surface area (Å²) in [6, 6.07) is 0. The van der Waals surface area contributed by atoms with Crippen LogP contribution in [-0.2, 0) is 9.53 Å². The molecule has 0 aromatic heterocycles. The fraction of sp³-hybridized carbons (Fsp3) is 0.857. The van der Waals surface area contributed by atoms with E-state index in [0.29, 0.717) is 0 Å². The van der Waals surface area contributed by atoms with E-state index in [1.54, 1.807) is 0 Å². The molecule has 0 bridgehead atoms. The molecule has 0 aromatic carbocycles. The largest absolute Gasteiger partial charge is 0.467 e. The quantitative estimate of drug-likeness (QED) is 0.624. The van der Waals surface area contributed by atoms with E-state index in [2.05, 4.69) is 4.74 Å². The third kappa shape index (κ3) is 2.71. The molecule has 0 aromatic rings. The second-order valence-corrected chi connectivity index (χ2v) is 2.40. The molecule has 0 spiro atoms. The highest BCUT2D eigenvalue weighted by Crippen LogP contribution is 2.27. The van der Waals surface area contributed by atoms with Crippen LogP contribution in [-0.4, -0.2) is 25.2 Å². The number of esters is 1. The number of halogens is 3. The van der Waals surface area contributed by atoms with Gasteiger partial charge in [-0.05, 0) is 0 Å². The van der Waals surface area contributed by atoms with E-state index in [1.165, 1.54) is 6.92 Å². The van der Waals surface area contributed by atoms with Gasteiger partial charge in [0.15, 0.2) is 0 Å². The van der Waals surface area contributed by atoms with Crippen LogP contribution >= 0.6 is 0 Å². The van der Waals surface area contributed by atoms with Gasteiger partial charge >= 0.3 is 5.97 Å². The summed E-state index contributed by atoms with van der Waals surface area (Å²) >= 11 is 0. The first-order chi connectivity index (χ1) is 5.45. The summed E-state index contributed by atoms with van der Waals surface area (Å²) in [5, 5.41) is 0. The van der Waals surface area contributed by atoms with Crippen LogP contribution in [0.15, 0.2) is 0 Å². The van der Waals surface area contributed by atoms with Gasteiger partial charge in [0.2, 0.25) is 0 Å². The van der Waals surface area contributed by atoms with Crippen molar-refractivity contribution in [2.45, 2.75) is 31.9 Å². The Kier molecular flexibility index (Phi) is 4.06. The monoisotopic (exact) mass is 184 g/mol. The third-order valence-corrected chi connectivity index (χ3v) is 1.36. The SMILES string of the molecule is CCCC(F)(F)C(F)C(=O)OC. The van der Waals surface area contributed by atoms with Crippen molar-refractivity contribution in [3.63, 3.8) is 0 Å². The molecule has 12 heavy (non-hydrogen) atoms. The van der Waals surface area contributed by atoms with Crippen molar-refractivity contribution in [1.82, 2.24) is 0 Å². The highest BCUT2D eigenvalue weighted by Gasteiger charge is 2.44. The summed E-state index contributed by atoms with van der Waals surface area (Å²) in [5.74, 6) is -5.13. The summed E-state index contributed by atoms with van der Waals surface area (Å²) in [6.07, 6.45) is -3.38. The van der Waals surface area contributed by atoms with Crippen LogP contribution in [0.25, 0.3) is 0 Å². The first-order valence-electron chi connectivity index (χ1n) is 3.55. The molecular weight excluding hydrogens is 173 g/mol. The van der Waals surface area contributed by atoms with Crippen LogP contribution in [0.4, 0.5) is 13.2 Å². The number of hydrogen-bond donors (Lipinski definition) is 0. The van der Waals surface area contributed by atoms with Gasteiger partial charge in [0, 0.05) is 6.42 Å². The topological polar surface area (TPSA) is 26.3 Å². The lowest BCUT2D eigenvalue weighted by Gasteiger charge is -2.17. The van der Waals surface area contributed by atoms with Gasteiger partial charge in [0.25, 0.3) is 12.1 Å². The van der Waals surface area contributed by atoms with Gasteiger partial charge in [-0.3, -0.25) is 0 Å². The van der Waals surface area contributed by atoms with Gasteiger partial charge in [-0.1, -0.05) is 13.3 Å². The maximum Gasteiger partial charge on any atom is 0.346 e. The number of alkyl halides is 3. The molecule has 72 valence electrons. The molecule has 0 radical (unpaired) electrons. The lowest BCUT2D eigenvalue weighted by Crippen LogP contribution is -2.37. The van der Waals surface area contributed by atoms with Gasteiger partial charge in [-0.2, -0.15) is 0 Å². The molecule has 5 heteroatoms. The Balaban J connectivity index is 4.23. The third-order valence-electron chi connectivity index (χ3n) is 1.36. The minimum Gasteiger partial charge on any atom is -0.467 e. The van der Waals surface area contributed by atoms with Gasteiger partial charge < -0.3 is 4.74 Å². The average Bonchev–Trinajstić information content (AvgIpc) is 2.01. The minimum atomic E-state index is -3.61. The Hall–Kier alpha value is -0.740. The van der Waals surface area contributed by atoms with Gasteiger partial charge in [-0.15, -0.1) is 0 Å². The summed E-state index contributed by atoms with van der Waals surface area (Å²) < 4.78 is 41.5. The molecule has 0 aliphatic heterocycles. The van der Waals surface area contributed by atoms with E-state index in [9.17, 15) is 18.0 Å². The molecule has 0 rings (SSSR count). The van der Waals surface area contributed by atoms with Crippen molar-refractivity contribution < 1.29 is 22.7 Å². The number of hydrogen-bond acceptors (Lipinski definition) is 2. The summed E-state index contributed by atoms with van der Waals surface area (Å²) in [7, 11) is 0.872. The fourth-order valence-corrected chi connectivity index (χ4v) is 0.736. The van der Waals surface area contributed by atoms with Crippen LogP contribution in [0.2, 0.25) is 0 Å². The second-order valence-electron chi connectivity index (χ2n) is 2.40. The molecule has 0 aliphatic carbocycles. The lowest BCUT2D eigenvalue weighted by molar-refractivity contribution is -0.164. The fourth-order valence-electron chi connectivity index (χ4n) is 0.736. The molecule has 0 aliphatic rings. The first-order valence-corrected chi connectivity index (χ1v) is 3.55. The Bertz CT molecular complexity index is 159. The first kappa shape index (κ1) is 11.3. The lowest BCUT2D eigenvalue weighted by atomic mass is 10.1. The molecule has 0 fully saturated rings. The summed E-state index contributed by atoms with van der Waals surface area (Å²) in [6.45, 7) is 1.48. The zero-order chi connectivity index (χ0) is 9.78. The zero-order valence-corrected chi connectivity index (χ0v) is 6.94. The number of carbonyl (C=O) groups is 1. The van der Waals surface area contributed by atoms with E-state index in [4.69, 9.17) is 0 Å². The minimum absolute atomic E-state index is 0.115. The molecule has 2 nitrogen and oxygen atoms in total. The molecule has 0 saturated heterocycles. The highest BCUT2D eigenvalue weighted by atomic mass is 19.3. The van der Waals surface area contributed by atoms with E-state index in [0.717, 1.165) is 7.11 Å². The Morgan fingerprint density at radius 1 is 1.58 bits per heavy atom. The van der Waals surface area contributed by atoms with Crippen molar-refractivity contribution in [3.05, 3.63) is 0 Å². The standard InChI is InChI=1S/C7H11F3O2/c1-3-4-7(9,10)5(8)6(11)12-2/h5H,3-4H2,1-2H3. The molecule has 1 unspecified atom stereocenters. The predicted molar refractivity (Wildman–Crippen MR) is 36.8 cm³/mol. The van der Waals surface area contributed by atoms with E-state index >= 15 is 0 Å². The number of methoxy groups -OCH3 is 1. The van der Waals surface area contributed by atoms with Gasteiger partial charge in [0.05, 0.1) is 7.11 Å². The Labute approximate surface area is 68.7 Å². The molecule has 0 saturated carbocycles. The second kappa shape index (κ2) is 4.33. The van der Waals surface area contributed by atoms with Crippen molar-refractivity contribution in [2.75, 3.05) is 7.11 Å². The number of carbonyl (C=O) groups excluding carboxylic acids is 1. The van der Waals surface area contributed by atoms with Crippen LogP contribution in [0, 0.1) is 0 Å². The van der Waals surface area contributed by atoms with Gasteiger partial charge in [0.1, 0.15) is 0 Å². The van der Waals surface area contributed by atoms with Gasteiger partial charge in [-0.25, -0.2) is 18.0 Å². The van der Waals surface area contributed by atoms with E-state index < -0.39 is 24.5 Å². The number of ether oxygens (including phenoxy) is 1. The Morgan fingerprint density at radius 3 is 2.42 bits per heavy atom. The van der Waals surface area contributed by atoms with Crippen molar-refractivity contribution >= 4 is 5.97 Å².